The van der Waals surface area contributed by atoms with Gasteiger partial charge in [0, 0.05) is 16.8 Å². The van der Waals surface area contributed by atoms with E-state index in [-0.39, 0.29) is 5.91 Å². The number of H-pyrrole nitrogens is 1. The van der Waals surface area contributed by atoms with Crippen LogP contribution in [-0.4, -0.2) is 29.3 Å². The number of aromatic amines is 1. The van der Waals surface area contributed by atoms with Crippen LogP contribution in [0.5, 0.6) is 11.5 Å². The van der Waals surface area contributed by atoms with Gasteiger partial charge in [-0.05, 0) is 57.5 Å². The standard InChI is InChI=1S/C22H25N3O3/c1-5-27-18-12-11-17(13-19(18)28-6-2)20-15(4)24-25-21(20)23-22(26)16-9-7-14(3)8-10-16/h7-13H,5-6H2,1-4H3,(H2,23,24,25,26). The van der Waals surface area contributed by atoms with Gasteiger partial charge in [-0.2, -0.15) is 5.10 Å². The van der Waals surface area contributed by atoms with Crippen LogP contribution in [0.15, 0.2) is 42.5 Å². The molecule has 0 bridgehead atoms. The highest BCUT2D eigenvalue weighted by molar-refractivity contribution is 6.05. The van der Waals surface area contributed by atoms with Crippen LogP contribution in [0.1, 0.15) is 35.5 Å². The summed E-state index contributed by atoms with van der Waals surface area (Å²) in [7, 11) is 0. The molecule has 0 aliphatic carbocycles. The minimum Gasteiger partial charge on any atom is -0.490 e. The molecule has 0 fully saturated rings. The molecule has 0 atom stereocenters. The quantitative estimate of drug-likeness (QED) is 0.621. The molecule has 28 heavy (non-hydrogen) atoms. The monoisotopic (exact) mass is 379 g/mol. The fraction of sp³-hybridized carbons (Fsp3) is 0.273. The lowest BCUT2D eigenvalue weighted by atomic mass is 10.0. The Morgan fingerprint density at radius 3 is 2.36 bits per heavy atom. The second kappa shape index (κ2) is 8.61. The molecule has 1 heterocycles. The molecule has 0 saturated heterocycles. The maximum absolute atomic E-state index is 12.6. The maximum Gasteiger partial charge on any atom is 0.256 e. The Morgan fingerprint density at radius 1 is 1.00 bits per heavy atom. The summed E-state index contributed by atoms with van der Waals surface area (Å²) >= 11 is 0. The Kier molecular flexibility index (Phi) is 5.99. The fourth-order valence-electron chi connectivity index (χ4n) is 2.96. The van der Waals surface area contributed by atoms with Gasteiger partial charge >= 0.3 is 0 Å². The average molecular weight is 379 g/mol. The van der Waals surface area contributed by atoms with Gasteiger partial charge in [0.15, 0.2) is 17.3 Å². The molecule has 146 valence electrons. The summed E-state index contributed by atoms with van der Waals surface area (Å²) in [5.41, 5.74) is 4.25. The lowest BCUT2D eigenvalue weighted by molar-refractivity contribution is 0.102. The van der Waals surface area contributed by atoms with E-state index in [1.54, 1.807) is 12.1 Å². The third-order valence-electron chi connectivity index (χ3n) is 4.32. The average Bonchev–Trinajstić information content (AvgIpc) is 3.04. The number of aromatic nitrogens is 2. The number of carbonyl (C=O) groups excluding carboxylic acids is 1. The lowest BCUT2D eigenvalue weighted by Gasteiger charge is -2.13. The van der Waals surface area contributed by atoms with E-state index in [1.807, 2.05) is 58.0 Å². The van der Waals surface area contributed by atoms with Crippen LogP contribution in [0, 0.1) is 13.8 Å². The third kappa shape index (κ3) is 4.17. The van der Waals surface area contributed by atoms with Crippen molar-refractivity contribution in [3.8, 4) is 22.6 Å². The Bertz CT molecular complexity index is 962. The highest BCUT2D eigenvalue weighted by Gasteiger charge is 2.18. The van der Waals surface area contributed by atoms with Crippen molar-refractivity contribution in [1.29, 1.82) is 0 Å². The molecule has 1 amide bonds. The molecule has 2 N–H and O–H groups in total. The van der Waals surface area contributed by atoms with E-state index in [1.165, 1.54) is 0 Å². The molecule has 1 aromatic heterocycles. The number of aryl methyl sites for hydroxylation is 2. The molecule has 0 radical (unpaired) electrons. The van der Waals surface area contributed by atoms with Crippen LogP contribution < -0.4 is 14.8 Å². The van der Waals surface area contributed by atoms with Crippen LogP contribution in [0.3, 0.4) is 0 Å². The van der Waals surface area contributed by atoms with Crippen molar-refractivity contribution in [1.82, 2.24) is 10.2 Å². The number of amides is 1. The molecule has 0 unspecified atom stereocenters. The summed E-state index contributed by atoms with van der Waals surface area (Å²) in [5.74, 6) is 1.64. The summed E-state index contributed by atoms with van der Waals surface area (Å²) < 4.78 is 11.4. The van der Waals surface area contributed by atoms with Crippen molar-refractivity contribution in [3.63, 3.8) is 0 Å². The Morgan fingerprint density at radius 2 is 1.68 bits per heavy atom. The number of hydrogen-bond donors (Lipinski definition) is 2. The second-order valence-electron chi connectivity index (χ2n) is 6.42. The predicted octanol–water partition coefficient (Wildman–Crippen LogP) is 4.74. The van der Waals surface area contributed by atoms with Crippen LogP contribution in [0.4, 0.5) is 5.82 Å². The van der Waals surface area contributed by atoms with Crippen molar-refractivity contribution >= 4 is 11.7 Å². The number of nitrogens with zero attached hydrogens (tertiary/aromatic N) is 1. The highest BCUT2D eigenvalue weighted by Crippen LogP contribution is 2.36. The van der Waals surface area contributed by atoms with E-state index in [0.717, 1.165) is 22.4 Å². The lowest BCUT2D eigenvalue weighted by Crippen LogP contribution is -2.12. The van der Waals surface area contributed by atoms with Crippen LogP contribution in [-0.2, 0) is 0 Å². The minimum absolute atomic E-state index is 0.205. The van der Waals surface area contributed by atoms with Crippen molar-refractivity contribution in [2.45, 2.75) is 27.7 Å². The molecule has 0 aliphatic rings. The third-order valence-corrected chi connectivity index (χ3v) is 4.32. The van der Waals surface area contributed by atoms with E-state index in [9.17, 15) is 4.79 Å². The van der Waals surface area contributed by atoms with Crippen molar-refractivity contribution < 1.29 is 14.3 Å². The molecule has 2 aromatic carbocycles. The molecular weight excluding hydrogens is 354 g/mol. The van der Waals surface area contributed by atoms with Crippen LogP contribution >= 0.6 is 0 Å². The smallest absolute Gasteiger partial charge is 0.256 e. The van der Waals surface area contributed by atoms with E-state index in [2.05, 4.69) is 15.5 Å². The van der Waals surface area contributed by atoms with Crippen LogP contribution in [0.25, 0.3) is 11.1 Å². The molecule has 0 saturated carbocycles. The maximum atomic E-state index is 12.6. The summed E-state index contributed by atoms with van der Waals surface area (Å²) in [6.07, 6.45) is 0. The van der Waals surface area contributed by atoms with Crippen molar-refractivity contribution in [3.05, 3.63) is 59.3 Å². The summed E-state index contributed by atoms with van der Waals surface area (Å²) in [6.45, 7) is 8.85. The van der Waals surface area contributed by atoms with Gasteiger partial charge < -0.3 is 14.8 Å². The van der Waals surface area contributed by atoms with Gasteiger partial charge in [0.2, 0.25) is 0 Å². The first-order valence-corrected chi connectivity index (χ1v) is 9.36. The summed E-state index contributed by atoms with van der Waals surface area (Å²) in [4.78, 5) is 12.6. The molecule has 0 aliphatic heterocycles. The van der Waals surface area contributed by atoms with Gasteiger partial charge in [0.1, 0.15) is 0 Å². The zero-order valence-electron chi connectivity index (χ0n) is 16.6. The number of benzene rings is 2. The number of hydrogen-bond acceptors (Lipinski definition) is 4. The number of anilines is 1. The molecular formula is C22H25N3O3. The van der Waals surface area contributed by atoms with Crippen LogP contribution in [0.2, 0.25) is 0 Å². The first-order valence-electron chi connectivity index (χ1n) is 9.36. The Labute approximate surface area is 164 Å². The van der Waals surface area contributed by atoms with Crippen molar-refractivity contribution in [2.24, 2.45) is 0 Å². The SMILES string of the molecule is CCOc1ccc(-c2c(NC(=O)c3ccc(C)cc3)n[nH]c2C)cc1OCC. The van der Waals surface area contributed by atoms with E-state index in [0.29, 0.717) is 36.1 Å². The summed E-state index contributed by atoms with van der Waals surface area (Å²) in [5, 5.41) is 10.1. The molecule has 6 nitrogen and oxygen atoms in total. The molecule has 3 aromatic rings. The Hall–Kier alpha value is -3.28. The number of nitrogens with one attached hydrogen (secondary N) is 2. The van der Waals surface area contributed by atoms with Gasteiger partial charge in [-0.25, -0.2) is 0 Å². The van der Waals surface area contributed by atoms with Gasteiger partial charge in [-0.3, -0.25) is 9.89 Å². The molecule has 3 rings (SSSR count). The first kappa shape index (κ1) is 19.5. The van der Waals surface area contributed by atoms with E-state index in [4.69, 9.17) is 9.47 Å². The molecule has 6 heteroatoms. The zero-order chi connectivity index (χ0) is 20.1. The van der Waals surface area contributed by atoms with E-state index < -0.39 is 0 Å². The first-order chi connectivity index (χ1) is 13.5. The molecule has 0 spiro atoms. The van der Waals surface area contributed by atoms with Crippen molar-refractivity contribution in [2.75, 3.05) is 18.5 Å². The predicted molar refractivity (Wildman–Crippen MR) is 110 cm³/mol. The fourth-order valence-corrected chi connectivity index (χ4v) is 2.96. The van der Waals surface area contributed by atoms with E-state index >= 15 is 0 Å². The Balaban J connectivity index is 1.93. The largest absolute Gasteiger partial charge is 0.490 e. The number of carbonyl (C=O) groups is 1. The minimum atomic E-state index is -0.205. The number of rotatable bonds is 7. The second-order valence-corrected chi connectivity index (χ2v) is 6.42. The van der Waals surface area contributed by atoms with Gasteiger partial charge in [-0.1, -0.05) is 23.8 Å². The zero-order valence-corrected chi connectivity index (χ0v) is 16.6. The highest BCUT2D eigenvalue weighted by atomic mass is 16.5. The topological polar surface area (TPSA) is 76.2 Å². The summed E-state index contributed by atoms with van der Waals surface area (Å²) in [6, 6.07) is 13.1. The normalized spacial score (nSPS) is 10.6. The van der Waals surface area contributed by atoms with Gasteiger partial charge in [0.05, 0.1) is 13.2 Å². The van der Waals surface area contributed by atoms with Gasteiger partial charge in [-0.15, -0.1) is 0 Å². The number of ether oxygens (including phenoxy) is 2. The van der Waals surface area contributed by atoms with Gasteiger partial charge in [0.25, 0.3) is 5.91 Å².